The zero-order valence-electron chi connectivity index (χ0n) is 17.8. The van der Waals surface area contributed by atoms with Crippen LogP contribution in [0.2, 0.25) is 0 Å². The van der Waals surface area contributed by atoms with Gasteiger partial charge in [0.25, 0.3) is 0 Å². The third-order valence-corrected chi connectivity index (χ3v) is 4.54. The number of rotatable bonds is 6. The lowest BCUT2D eigenvalue weighted by molar-refractivity contribution is 0.262. The van der Waals surface area contributed by atoms with Crippen molar-refractivity contribution in [3.63, 3.8) is 0 Å². The van der Waals surface area contributed by atoms with E-state index in [2.05, 4.69) is 30.9 Å². The summed E-state index contributed by atoms with van der Waals surface area (Å²) in [5.41, 5.74) is 3.59. The zero-order chi connectivity index (χ0) is 22.3. The van der Waals surface area contributed by atoms with Crippen molar-refractivity contribution in [3.8, 4) is 11.1 Å². The van der Waals surface area contributed by atoms with Crippen LogP contribution in [0.15, 0.2) is 84.9 Å². The lowest BCUT2D eigenvalue weighted by Crippen LogP contribution is -2.23. The molecule has 0 aliphatic rings. The second-order valence-corrected chi connectivity index (χ2v) is 7.16. The van der Waals surface area contributed by atoms with Gasteiger partial charge in [-0.05, 0) is 23.8 Å². The number of benzene rings is 3. The highest BCUT2D eigenvalue weighted by molar-refractivity contribution is 5.98. The van der Waals surface area contributed by atoms with E-state index in [0.717, 1.165) is 16.8 Å². The van der Waals surface area contributed by atoms with Gasteiger partial charge in [-0.2, -0.15) is 15.0 Å². The van der Waals surface area contributed by atoms with Crippen LogP contribution < -0.4 is 20.9 Å². The fourth-order valence-electron chi connectivity index (χ4n) is 3.04. The monoisotopic (exact) mass is 425 g/mol. The zero-order valence-corrected chi connectivity index (χ0v) is 17.8. The first kappa shape index (κ1) is 20.8. The number of nitrogens with zero attached hydrogens (tertiary/aromatic N) is 4. The maximum atomic E-state index is 12.4. The molecule has 1 heterocycles. The summed E-state index contributed by atoms with van der Waals surface area (Å²) in [7, 11) is 3.65. The van der Waals surface area contributed by atoms with E-state index >= 15 is 0 Å². The fourth-order valence-corrected chi connectivity index (χ4v) is 3.04. The SMILES string of the molecule is CN(C)c1nc(NC(=O)Nc2ccccc2)nc(Nc2ccccc2-c2ccccc2)n1. The molecule has 8 heteroatoms. The first-order valence-corrected chi connectivity index (χ1v) is 10.1. The summed E-state index contributed by atoms with van der Waals surface area (Å²) >= 11 is 0. The summed E-state index contributed by atoms with van der Waals surface area (Å²) in [4.78, 5) is 27.4. The average molecular weight is 425 g/mol. The van der Waals surface area contributed by atoms with E-state index in [0.29, 0.717) is 17.6 Å². The smallest absolute Gasteiger partial charge is 0.326 e. The number of anilines is 5. The van der Waals surface area contributed by atoms with Gasteiger partial charge in [0.15, 0.2) is 0 Å². The Kier molecular flexibility index (Phi) is 6.22. The van der Waals surface area contributed by atoms with Crippen LogP contribution in [0, 0.1) is 0 Å². The molecule has 0 spiro atoms. The molecule has 0 radical (unpaired) electrons. The van der Waals surface area contributed by atoms with Gasteiger partial charge >= 0.3 is 6.03 Å². The number of urea groups is 1. The van der Waals surface area contributed by atoms with Crippen LogP contribution in [0.3, 0.4) is 0 Å². The molecule has 2 amide bonds. The Hall–Kier alpha value is -4.46. The largest absolute Gasteiger partial charge is 0.347 e. The molecule has 0 saturated heterocycles. The van der Waals surface area contributed by atoms with Gasteiger partial charge in [-0.3, -0.25) is 5.32 Å². The Morgan fingerprint density at radius 2 is 1.34 bits per heavy atom. The van der Waals surface area contributed by atoms with Crippen molar-refractivity contribution < 1.29 is 4.79 Å². The van der Waals surface area contributed by atoms with Crippen molar-refractivity contribution in [1.82, 2.24) is 15.0 Å². The average Bonchev–Trinajstić information content (AvgIpc) is 2.80. The first-order valence-electron chi connectivity index (χ1n) is 10.1. The number of hydrogen-bond donors (Lipinski definition) is 3. The lowest BCUT2D eigenvalue weighted by atomic mass is 10.0. The van der Waals surface area contributed by atoms with Crippen molar-refractivity contribution in [3.05, 3.63) is 84.9 Å². The van der Waals surface area contributed by atoms with E-state index in [9.17, 15) is 4.79 Å². The number of aromatic nitrogens is 3. The molecule has 0 atom stereocenters. The van der Waals surface area contributed by atoms with Gasteiger partial charge in [-0.1, -0.05) is 66.7 Å². The minimum absolute atomic E-state index is 0.136. The van der Waals surface area contributed by atoms with E-state index < -0.39 is 6.03 Å². The maximum Gasteiger partial charge on any atom is 0.326 e. The van der Waals surface area contributed by atoms with Crippen LogP contribution in [0.1, 0.15) is 0 Å². The molecule has 4 rings (SSSR count). The van der Waals surface area contributed by atoms with Gasteiger partial charge in [-0.25, -0.2) is 4.79 Å². The molecular formula is C24H23N7O. The number of nitrogens with one attached hydrogen (secondary N) is 3. The molecule has 3 aromatic carbocycles. The second kappa shape index (κ2) is 9.57. The van der Waals surface area contributed by atoms with E-state index in [1.807, 2.05) is 86.9 Å². The number of carbonyl (C=O) groups is 1. The Bertz CT molecular complexity index is 1200. The highest BCUT2D eigenvalue weighted by Crippen LogP contribution is 2.29. The molecule has 4 aromatic rings. The summed E-state index contributed by atoms with van der Waals surface area (Å²) < 4.78 is 0. The van der Waals surface area contributed by atoms with Crippen molar-refractivity contribution in [1.29, 1.82) is 0 Å². The third-order valence-electron chi connectivity index (χ3n) is 4.54. The van der Waals surface area contributed by atoms with Gasteiger partial charge < -0.3 is 15.5 Å². The van der Waals surface area contributed by atoms with E-state index in [-0.39, 0.29) is 5.95 Å². The molecule has 8 nitrogen and oxygen atoms in total. The molecule has 0 unspecified atom stereocenters. The first-order chi connectivity index (χ1) is 15.6. The van der Waals surface area contributed by atoms with E-state index in [1.165, 1.54) is 0 Å². The summed E-state index contributed by atoms with van der Waals surface area (Å²) in [6.07, 6.45) is 0. The molecule has 3 N–H and O–H groups in total. The number of para-hydroxylation sites is 2. The van der Waals surface area contributed by atoms with Crippen LogP contribution in [-0.2, 0) is 0 Å². The molecular weight excluding hydrogens is 402 g/mol. The highest BCUT2D eigenvalue weighted by Gasteiger charge is 2.13. The maximum absolute atomic E-state index is 12.4. The van der Waals surface area contributed by atoms with Crippen LogP contribution in [0.4, 0.5) is 34.0 Å². The Balaban J connectivity index is 1.60. The van der Waals surface area contributed by atoms with Crippen LogP contribution in [0.25, 0.3) is 11.1 Å². The topological polar surface area (TPSA) is 95.1 Å². The number of carbonyl (C=O) groups excluding carboxylic acids is 1. The van der Waals surface area contributed by atoms with Gasteiger partial charge in [-0.15, -0.1) is 0 Å². The Morgan fingerprint density at radius 3 is 2.06 bits per heavy atom. The van der Waals surface area contributed by atoms with Crippen LogP contribution in [0.5, 0.6) is 0 Å². The molecule has 0 bridgehead atoms. The van der Waals surface area contributed by atoms with Gasteiger partial charge in [0.1, 0.15) is 0 Å². The van der Waals surface area contributed by atoms with Crippen LogP contribution in [-0.4, -0.2) is 35.1 Å². The van der Waals surface area contributed by atoms with Crippen molar-refractivity contribution >= 4 is 35.3 Å². The Labute approximate surface area is 186 Å². The quantitative estimate of drug-likeness (QED) is 0.403. The molecule has 32 heavy (non-hydrogen) atoms. The van der Waals surface area contributed by atoms with Crippen LogP contribution >= 0.6 is 0 Å². The van der Waals surface area contributed by atoms with Crippen molar-refractivity contribution in [2.24, 2.45) is 0 Å². The molecule has 0 aliphatic heterocycles. The highest BCUT2D eigenvalue weighted by atomic mass is 16.2. The van der Waals surface area contributed by atoms with E-state index in [4.69, 9.17) is 0 Å². The minimum Gasteiger partial charge on any atom is -0.347 e. The number of amides is 2. The van der Waals surface area contributed by atoms with Gasteiger partial charge in [0, 0.05) is 31.0 Å². The molecule has 1 aromatic heterocycles. The molecule has 0 fully saturated rings. The standard InChI is InChI=1S/C24H23N7O/c1-31(2)23-28-21(26-20-16-10-9-15-19(20)17-11-5-3-6-12-17)27-22(29-23)30-24(32)25-18-13-7-4-8-14-18/h3-16H,1-2H3,(H3,25,26,27,28,29,30,32). The normalized spacial score (nSPS) is 10.3. The summed E-state index contributed by atoms with van der Waals surface area (Å²) in [6, 6.07) is 26.7. The van der Waals surface area contributed by atoms with Crippen molar-refractivity contribution in [2.75, 3.05) is 34.9 Å². The van der Waals surface area contributed by atoms with Gasteiger partial charge in [0.2, 0.25) is 17.8 Å². The summed E-state index contributed by atoms with van der Waals surface area (Å²) in [5.74, 6) is 0.869. The molecule has 0 aliphatic carbocycles. The molecule has 160 valence electrons. The Morgan fingerprint density at radius 1 is 0.719 bits per heavy atom. The predicted octanol–water partition coefficient (Wildman–Crippen LogP) is 4.99. The second-order valence-electron chi connectivity index (χ2n) is 7.16. The van der Waals surface area contributed by atoms with Crippen molar-refractivity contribution in [2.45, 2.75) is 0 Å². The van der Waals surface area contributed by atoms with Gasteiger partial charge in [0.05, 0.1) is 0 Å². The fraction of sp³-hybridized carbons (Fsp3) is 0.0833. The summed E-state index contributed by atoms with van der Waals surface area (Å²) in [5, 5.41) is 8.70. The number of hydrogen-bond acceptors (Lipinski definition) is 6. The van der Waals surface area contributed by atoms with E-state index in [1.54, 1.807) is 17.0 Å². The lowest BCUT2D eigenvalue weighted by Gasteiger charge is -2.15. The minimum atomic E-state index is -0.442. The molecule has 0 saturated carbocycles. The third kappa shape index (κ3) is 5.17. The summed E-state index contributed by atoms with van der Waals surface area (Å²) in [6.45, 7) is 0. The predicted molar refractivity (Wildman–Crippen MR) is 128 cm³/mol.